The second-order valence-electron chi connectivity index (χ2n) is 4.17. The molecule has 0 bridgehead atoms. The van der Waals surface area contributed by atoms with Gasteiger partial charge >= 0.3 is 5.97 Å². The van der Waals surface area contributed by atoms with Gasteiger partial charge in [-0.1, -0.05) is 18.2 Å². The Morgan fingerprint density at radius 3 is 2.68 bits per heavy atom. The molecule has 0 atom stereocenters. The standard InChI is InChI=1S/C15H15NO2S/c1-16(12-5-3-2-4-6-12)11-14-8-7-13(19-14)9-10-15(17)18/h2-10H,11H2,1H3,(H,17,18). The van der Waals surface area contributed by atoms with Gasteiger partial charge in [0.1, 0.15) is 0 Å². The minimum Gasteiger partial charge on any atom is -0.478 e. The number of para-hydroxylation sites is 1. The first-order valence-corrected chi connectivity index (χ1v) is 6.73. The minimum atomic E-state index is -0.920. The Bertz CT molecular complexity index is 575. The molecule has 19 heavy (non-hydrogen) atoms. The van der Waals surface area contributed by atoms with Crippen LogP contribution in [0.1, 0.15) is 9.75 Å². The van der Waals surface area contributed by atoms with Crippen molar-refractivity contribution in [2.45, 2.75) is 6.54 Å². The zero-order chi connectivity index (χ0) is 13.7. The largest absolute Gasteiger partial charge is 0.478 e. The first-order valence-electron chi connectivity index (χ1n) is 5.91. The molecule has 1 heterocycles. The molecule has 2 aromatic rings. The third-order valence-corrected chi connectivity index (χ3v) is 3.70. The van der Waals surface area contributed by atoms with Gasteiger partial charge in [0.25, 0.3) is 0 Å². The van der Waals surface area contributed by atoms with Crippen LogP contribution < -0.4 is 4.90 Å². The molecular weight excluding hydrogens is 258 g/mol. The number of benzene rings is 1. The third-order valence-electron chi connectivity index (χ3n) is 2.66. The molecule has 1 aromatic carbocycles. The molecule has 4 heteroatoms. The molecule has 0 saturated heterocycles. The third kappa shape index (κ3) is 3.96. The van der Waals surface area contributed by atoms with Gasteiger partial charge in [0.05, 0.1) is 6.54 Å². The smallest absolute Gasteiger partial charge is 0.328 e. The summed E-state index contributed by atoms with van der Waals surface area (Å²) in [5.74, 6) is -0.920. The van der Waals surface area contributed by atoms with Crippen molar-refractivity contribution in [3.63, 3.8) is 0 Å². The number of anilines is 1. The zero-order valence-electron chi connectivity index (χ0n) is 10.6. The molecule has 0 unspecified atom stereocenters. The van der Waals surface area contributed by atoms with E-state index in [0.29, 0.717) is 0 Å². The first kappa shape index (κ1) is 13.4. The van der Waals surface area contributed by atoms with E-state index in [1.165, 1.54) is 10.6 Å². The Kier molecular flexibility index (Phi) is 4.36. The van der Waals surface area contributed by atoms with E-state index in [1.54, 1.807) is 17.4 Å². The number of rotatable bonds is 5. The molecule has 0 aliphatic carbocycles. The maximum atomic E-state index is 10.5. The molecule has 0 aliphatic rings. The fourth-order valence-electron chi connectivity index (χ4n) is 1.73. The van der Waals surface area contributed by atoms with Crippen LogP contribution in [0.5, 0.6) is 0 Å². The van der Waals surface area contributed by atoms with Crippen molar-refractivity contribution in [3.8, 4) is 0 Å². The van der Waals surface area contributed by atoms with Crippen molar-refractivity contribution in [2.24, 2.45) is 0 Å². The van der Waals surface area contributed by atoms with Crippen LogP contribution in [0, 0.1) is 0 Å². The SMILES string of the molecule is CN(Cc1ccc(C=CC(=O)O)s1)c1ccccc1. The van der Waals surface area contributed by atoms with E-state index >= 15 is 0 Å². The van der Waals surface area contributed by atoms with Crippen LogP contribution in [0.15, 0.2) is 48.5 Å². The average molecular weight is 273 g/mol. The Morgan fingerprint density at radius 2 is 2.00 bits per heavy atom. The first-order chi connectivity index (χ1) is 9.15. The van der Waals surface area contributed by atoms with Crippen LogP contribution in [0.25, 0.3) is 6.08 Å². The molecule has 0 fully saturated rings. The second kappa shape index (κ2) is 6.20. The maximum Gasteiger partial charge on any atom is 0.328 e. The number of nitrogens with zero attached hydrogens (tertiary/aromatic N) is 1. The number of carboxylic acids is 1. The lowest BCUT2D eigenvalue weighted by Gasteiger charge is -2.17. The average Bonchev–Trinajstić information content (AvgIpc) is 2.85. The normalized spacial score (nSPS) is 10.8. The summed E-state index contributed by atoms with van der Waals surface area (Å²) in [6, 6.07) is 14.1. The highest BCUT2D eigenvalue weighted by Gasteiger charge is 2.03. The molecule has 0 aliphatic heterocycles. The predicted octanol–water partition coefficient (Wildman–Crippen LogP) is 3.48. The van der Waals surface area contributed by atoms with Gasteiger partial charge in [-0.15, -0.1) is 11.3 Å². The Balaban J connectivity index is 2.02. The molecule has 0 spiro atoms. The lowest BCUT2D eigenvalue weighted by Crippen LogP contribution is -2.15. The summed E-state index contributed by atoms with van der Waals surface area (Å²) >= 11 is 1.61. The molecular formula is C15H15NO2S. The molecule has 0 amide bonds. The van der Waals surface area contributed by atoms with E-state index in [1.807, 2.05) is 37.4 Å². The number of hydrogen-bond donors (Lipinski definition) is 1. The van der Waals surface area contributed by atoms with Crippen LogP contribution in [-0.2, 0) is 11.3 Å². The van der Waals surface area contributed by atoms with Crippen LogP contribution in [0.3, 0.4) is 0 Å². The number of hydrogen-bond acceptors (Lipinski definition) is 3. The van der Waals surface area contributed by atoms with Crippen LogP contribution in [0.2, 0.25) is 0 Å². The van der Waals surface area contributed by atoms with Crippen LogP contribution in [0.4, 0.5) is 5.69 Å². The van der Waals surface area contributed by atoms with Crippen molar-refractivity contribution in [3.05, 3.63) is 58.3 Å². The van der Waals surface area contributed by atoms with Gasteiger partial charge in [-0.25, -0.2) is 4.79 Å². The number of carbonyl (C=O) groups is 1. The van der Waals surface area contributed by atoms with E-state index in [-0.39, 0.29) is 0 Å². The summed E-state index contributed by atoms with van der Waals surface area (Å²) in [6.45, 7) is 0.815. The lowest BCUT2D eigenvalue weighted by molar-refractivity contribution is -0.131. The fraction of sp³-hybridized carbons (Fsp3) is 0.133. The summed E-state index contributed by atoms with van der Waals surface area (Å²) in [5, 5.41) is 8.59. The second-order valence-corrected chi connectivity index (χ2v) is 5.37. The molecule has 0 saturated carbocycles. The number of carboxylic acid groups (broad SMARTS) is 1. The molecule has 0 radical (unpaired) electrons. The summed E-state index contributed by atoms with van der Waals surface area (Å²) in [4.78, 5) is 14.8. The van der Waals surface area contributed by atoms with Crippen molar-refractivity contribution in [1.82, 2.24) is 0 Å². The van der Waals surface area contributed by atoms with Crippen LogP contribution in [-0.4, -0.2) is 18.1 Å². The monoisotopic (exact) mass is 273 g/mol. The Hall–Kier alpha value is -2.07. The topological polar surface area (TPSA) is 40.5 Å². The maximum absolute atomic E-state index is 10.5. The Labute approximate surface area is 116 Å². The van der Waals surface area contributed by atoms with E-state index < -0.39 is 5.97 Å². The zero-order valence-corrected chi connectivity index (χ0v) is 11.4. The summed E-state index contributed by atoms with van der Waals surface area (Å²) < 4.78 is 0. The predicted molar refractivity (Wildman–Crippen MR) is 79.5 cm³/mol. The molecule has 98 valence electrons. The van der Waals surface area contributed by atoms with Gasteiger partial charge in [-0.05, 0) is 30.3 Å². The highest BCUT2D eigenvalue weighted by atomic mass is 32.1. The highest BCUT2D eigenvalue weighted by Crippen LogP contribution is 2.21. The van der Waals surface area contributed by atoms with Gasteiger partial charge in [0.2, 0.25) is 0 Å². The highest BCUT2D eigenvalue weighted by molar-refractivity contribution is 7.12. The van der Waals surface area contributed by atoms with Crippen molar-refractivity contribution >= 4 is 29.1 Å². The molecule has 1 aromatic heterocycles. The molecule has 2 rings (SSSR count). The quantitative estimate of drug-likeness (QED) is 0.848. The van der Waals surface area contributed by atoms with E-state index in [2.05, 4.69) is 17.0 Å². The van der Waals surface area contributed by atoms with Gasteiger partial charge in [-0.3, -0.25) is 0 Å². The van der Waals surface area contributed by atoms with Gasteiger partial charge in [0.15, 0.2) is 0 Å². The number of thiophene rings is 1. The minimum absolute atomic E-state index is 0.815. The van der Waals surface area contributed by atoms with Gasteiger partial charge in [0, 0.05) is 28.6 Å². The number of aliphatic carboxylic acids is 1. The summed E-state index contributed by atoms with van der Waals surface area (Å²) in [6.07, 6.45) is 2.79. The van der Waals surface area contributed by atoms with Crippen molar-refractivity contribution < 1.29 is 9.90 Å². The van der Waals surface area contributed by atoms with Crippen LogP contribution >= 0.6 is 11.3 Å². The van der Waals surface area contributed by atoms with Gasteiger partial charge in [-0.2, -0.15) is 0 Å². The molecule has 3 nitrogen and oxygen atoms in total. The summed E-state index contributed by atoms with van der Waals surface area (Å²) in [5.41, 5.74) is 1.17. The van der Waals surface area contributed by atoms with Crippen molar-refractivity contribution in [1.29, 1.82) is 0 Å². The van der Waals surface area contributed by atoms with Crippen molar-refractivity contribution in [2.75, 3.05) is 11.9 Å². The van der Waals surface area contributed by atoms with E-state index in [4.69, 9.17) is 5.11 Å². The van der Waals surface area contributed by atoms with E-state index in [9.17, 15) is 4.79 Å². The lowest BCUT2D eigenvalue weighted by atomic mass is 10.3. The van der Waals surface area contributed by atoms with Gasteiger partial charge < -0.3 is 10.0 Å². The molecule has 1 N–H and O–H groups in total. The summed E-state index contributed by atoms with van der Waals surface area (Å²) in [7, 11) is 2.04. The fourth-order valence-corrected chi connectivity index (χ4v) is 2.70. The Morgan fingerprint density at radius 1 is 1.26 bits per heavy atom. The van der Waals surface area contributed by atoms with E-state index in [0.717, 1.165) is 17.5 Å².